The normalized spacial score (nSPS) is 10.7. The van der Waals surface area contributed by atoms with Crippen LogP contribution in [-0.4, -0.2) is 18.0 Å². The molecule has 3 aromatic rings. The third kappa shape index (κ3) is 6.80. The topological polar surface area (TPSA) is 79.8 Å². The van der Waals surface area contributed by atoms with Crippen LogP contribution in [0.2, 0.25) is 10.0 Å². The number of benzene rings is 3. The second-order valence-electron chi connectivity index (χ2n) is 6.26. The maximum Gasteiger partial charge on any atom is 0.329 e. The van der Waals surface area contributed by atoms with E-state index in [-0.39, 0.29) is 12.3 Å². The van der Waals surface area contributed by atoms with E-state index in [1.54, 1.807) is 42.5 Å². The van der Waals surface area contributed by atoms with Gasteiger partial charge in [-0.15, -0.1) is 0 Å². The number of carbonyl (C=O) groups excluding carboxylic acids is 2. The largest absolute Gasteiger partial charge is 0.489 e. The molecule has 0 aromatic heterocycles. The van der Waals surface area contributed by atoms with Crippen molar-refractivity contribution < 1.29 is 18.7 Å². The third-order valence-corrected chi connectivity index (χ3v) is 4.54. The number of carbonyl (C=O) groups is 2. The number of anilines is 1. The van der Waals surface area contributed by atoms with Crippen molar-refractivity contribution in [2.45, 2.75) is 6.61 Å². The summed E-state index contributed by atoms with van der Waals surface area (Å²) in [4.78, 5) is 23.7. The fraction of sp³-hybridized carbons (Fsp3) is 0.0455. The molecular formula is C22H16Cl2FN3O3. The van der Waals surface area contributed by atoms with E-state index in [2.05, 4.69) is 15.8 Å². The maximum absolute atomic E-state index is 12.9. The van der Waals surface area contributed by atoms with Crippen LogP contribution in [0.15, 0.2) is 71.8 Å². The number of hydrogen-bond donors (Lipinski definition) is 2. The molecule has 0 aliphatic heterocycles. The Hall–Kier alpha value is -3.42. The summed E-state index contributed by atoms with van der Waals surface area (Å²) in [6.45, 7) is 0.247. The van der Waals surface area contributed by atoms with Crippen molar-refractivity contribution in [2.75, 3.05) is 5.32 Å². The SMILES string of the molecule is O=C(NN=Cc1cccc(OCc2ccc(Cl)cc2Cl)c1)C(=O)Nc1ccc(F)cc1. The van der Waals surface area contributed by atoms with Gasteiger partial charge in [0.2, 0.25) is 0 Å². The summed E-state index contributed by atoms with van der Waals surface area (Å²) in [6, 6.07) is 17.1. The number of halogens is 3. The monoisotopic (exact) mass is 459 g/mol. The molecule has 0 saturated carbocycles. The third-order valence-electron chi connectivity index (χ3n) is 3.96. The molecule has 0 unspecified atom stereocenters. The van der Waals surface area contributed by atoms with Gasteiger partial charge in [0.15, 0.2) is 0 Å². The van der Waals surface area contributed by atoms with E-state index in [9.17, 15) is 14.0 Å². The van der Waals surface area contributed by atoms with Crippen molar-refractivity contribution in [3.8, 4) is 5.75 Å². The molecule has 0 bridgehead atoms. The van der Waals surface area contributed by atoms with Gasteiger partial charge in [0, 0.05) is 21.3 Å². The smallest absolute Gasteiger partial charge is 0.329 e. The second-order valence-corrected chi connectivity index (χ2v) is 7.10. The zero-order valence-corrected chi connectivity index (χ0v) is 17.5. The predicted octanol–water partition coefficient (Wildman–Crippen LogP) is 4.80. The van der Waals surface area contributed by atoms with Crippen LogP contribution in [0.4, 0.5) is 10.1 Å². The van der Waals surface area contributed by atoms with Crippen LogP contribution in [-0.2, 0) is 16.2 Å². The van der Waals surface area contributed by atoms with Crippen molar-refractivity contribution in [3.63, 3.8) is 0 Å². The van der Waals surface area contributed by atoms with Gasteiger partial charge in [0.25, 0.3) is 0 Å². The van der Waals surface area contributed by atoms with Crippen molar-refractivity contribution in [1.82, 2.24) is 5.43 Å². The molecule has 0 fully saturated rings. The summed E-state index contributed by atoms with van der Waals surface area (Å²) in [5, 5.41) is 7.15. The minimum atomic E-state index is -0.967. The zero-order chi connectivity index (χ0) is 22.2. The number of hydrogen-bond acceptors (Lipinski definition) is 4. The van der Waals surface area contributed by atoms with E-state index in [0.717, 1.165) is 5.56 Å². The number of hydrazone groups is 1. The first-order chi connectivity index (χ1) is 14.9. The highest BCUT2D eigenvalue weighted by atomic mass is 35.5. The van der Waals surface area contributed by atoms with Crippen molar-refractivity contribution in [2.24, 2.45) is 5.10 Å². The van der Waals surface area contributed by atoms with Crippen LogP contribution >= 0.6 is 23.2 Å². The van der Waals surface area contributed by atoms with Crippen LogP contribution in [0, 0.1) is 5.82 Å². The highest BCUT2D eigenvalue weighted by Gasteiger charge is 2.12. The first-order valence-electron chi connectivity index (χ1n) is 8.97. The number of amides is 2. The molecule has 6 nitrogen and oxygen atoms in total. The van der Waals surface area contributed by atoms with E-state index in [1.165, 1.54) is 30.5 Å². The van der Waals surface area contributed by atoms with Gasteiger partial charge < -0.3 is 10.1 Å². The predicted molar refractivity (Wildman–Crippen MR) is 118 cm³/mol. The molecule has 9 heteroatoms. The van der Waals surface area contributed by atoms with E-state index >= 15 is 0 Å². The second kappa shape index (κ2) is 10.6. The highest BCUT2D eigenvalue weighted by molar-refractivity contribution is 6.39. The van der Waals surface area contributed by atoms with Gasteiger partial charge in [-0.1, -0.05) is 41.4 Å². The summed E-state index contributed by atoms with van der Waals surface area (Å²) >= 11 is 12.0. The molecule has 0 saturated heterocycles. The molecule has 0 atom stereocenters. The fourth-order valence-electron chi connectivity index (χ4n) is 2.42. The molecule has 158 valence electrons. The minimum Gasteiger partial charge on any atom is -0.489 e. The molecule has 31 heavy (non-hydrogen) atoms. The lowest BCUT2D eigenvalue weighted by molar-refractivity contribution is -0.136. The van der Waals surface area contributed by atoms with Gasteiger partial charge in [0.1, 0.15) is 18.2 Å². The molecule has 0 aliphatic rings. The van der Waals surface area contributed by atoms with Crippen LogP contribution in [0.3, 0.4) is 0 Å². The standard InChI is InChI=1S/C22H16Cl2FN3O3/c23-16-5-4-15(20(24)11-16)13-31-19-3-1-2-14(10-19)12-26-28-22(30)21(29)27-18-8-6-17(25)7-9-18/h1-12H,13H2,(H,27,29)(H,28,30). The Bertz CT molecular complexity index is 1120. The van der Waals surface area contributed by atoms with Crippen LogP contribution in [0.5, 0.6) is 5.75 Å². The fourth-order valence-corrected chi connectivity index (χ4v) is 2.88. The van der Waals surface area contributed by atoms with E-state index in [4.69, 9.17) is 27.9 Å². The summed E-state index contributed by atoms with van der Waals surface area (Å²) in [6.07, 6.45) is 1.37. The van der Waals surface area contributed by atoms with Gasteiger partial charge in [-0.05, 0) is 54.1 Å². The van der Waals surface area contributed by atoms with Gasteiger partial charge in [-0.2, -0.15) is 5.10 Å². The number of rotatable bonds is 6. The van der Waals surface area contributed by atoms with E-state index in [0.29, 0.717) is 21.4 Å². The van der Waals surface area contributed by atoms with Crippen molar-refractivity contribution in [3.05, 3.63) is 93.7 Å². The molecular weight excluding hydrogens is 444 g/mol. The lowest BCUT2D eigenvalue weighted by Crippen LogP contribution is -2.32. The lowest BCUT2D eigenvalue weighted by Gasteiger charge is -2.08. The number of nitrogens with one attached hydrogen (secondary N) is 2. The van der Waals surface area contributed by atoms with Crippen LogP contribution in [0.1, 0.15) is 11.1 Å². The quantitative estimate of drug-likeness (QED) is 0.315. The minimum absolute atomic E-state index is 0.247. The summed E-state index contributed by atoms with van der Waals surface area (Å²) in [7, 11) is 0. The van der Waals surface area contributed by atoms with Gasteiger partial charge >= 0.3 is 11.8 Å². The summed E-state index contributed by atoms with van der Waals surface area (Å²) < 4.78 is 18.6. The van der Waals surface area contributed by atoms with E-state index in [1.807, 2.05) is 0 Å². The van der Waals surface area contributed by atoms with Gasteiger partial charge in [-0.3, -0.25) is 9.59 Å². The molecule has 3 rings (SSSR count). The molecule has 2 amide bonds. The van der Waals surface area contributed by atoms with Crippen LogP contribution < -0.4 is 15.5 Å². The molecule has 0 radical (unpaired) electrons. The Labute approximate surface area is 187 Å². The molecule has 3 aromatic carbocycles. The molecule has 0 heterocycles. The average Bonchev–Trinajstić information content (AvgIpc) is 2.75. The van der Waals surface area contributed by atoms with E-state index < -0.39 is 17.6 Å². The first kappa shape index (κ1) is 22.3. The Morgan fingerprint density at radius 2 is 1.77 bits per heavy atom. The van der Waals surface area contributed by atoms with Gasteiger partial charge in [0.05, 0.1) is 6.21 Å². The Morgan fingerprint density at radius 1 is 1.00 bits per heavy atom. The molecule has 2 N–H and O–H groups in total. The Kier molecular flexibility index (Phi) is 7.59. The zero-order valence-electron chi connectivity index (χ0n) is 15.9. The summed E-state index contributed by atoms with van der Waals surface area (Å²) in [5.74, 6) is -1.78. The molecule has 0 aliphatic carbocycles. The Balaban J connectivity index is 1.53. The molecule has 0 spiro atoms. The first-order valence-corrected chi connectivity index (χ1v) is 9.73. The number of ether oxygens (including phenoxy) is 1. The summed E-state index contributed by atoms with van der Waals surface area (Å²) in [5.41, 5.74) is 3.83. The lowest BCUT2D eigenvalue weighted by atomic mass is 10.2. The maximum atomic E-state index is 12.9. The van der Waals surface area contributed by atoms with Crippen molar-refractivity contribution in [1.29, 1.82) is 0 Å². The van der Waals surface area contributed by atoms with Crippen molar-refractivity contribution >= 4 is 46.9 Å². The number of nitrogens with zero attached hydrogens (tertiary/aromatic N) is 1. The average molecular weight is 460 g/mol. The Morgan fingerprint density at radius 3 is 2.52 bits per heavy atom. The van der Waals surface area contributed by atoms with Gasteiger partial charge in [-0.25, -0.2) is 9.82 Å². The highest BCUT2D eigenvalue weighted by Crippen LogP contribution is 2.23. The van der Waals surface area contributed by atoms with Crippen LogP contribution in [0.25, 0.3) is 0 Å².